The molecule has 1 saturated heterocycles. The summed E-state index contributed by atoms with van der Waals surface area (Å²) in [4.78, 5) is 26.4. The number of hydrogen-bond donors (Lipinski definition) is 2. The molecule has 0 bridgehead atoms. The molecule has 1 aromatic rings. The molecule has 2 rings (SSSR count). The number of carboxylic acid groups (broad SMARTS) is 1. The fourth-order valence-corrected chi connectivity index (χ4v) is 2.94. The average molecular weight is 278 g/mol. The fourth-order valence-electron chi connectivity index (χ4n) is 1.78. The minimum Gasteiger partial charge on any atom is -0.478 e. The Labute approximate surface area is 115 Å². The van der Waals surface area contributed by atoms with Crippen molar-refractivity contribution >= 4 is 35.5 Å². The number of amides is 1. The Morgan fingerprint density at radius 1 is 1.53 bits per heavy atom. The van der Waals surface area contributed by atoms with Crippen LogP contribution >= 0.6 is 11.8 Å². The van der Waals surface area contributed by atoms with Crippen molar-refractivity contribution in [2.24, 2.45) is 0 Å². The minimum absolute atomic E-state index is 0.0000165. The van der Waals surface area contributed by atoms with Gasteiger partial charge >= 0.3 is 5.97 Å². The van der Waals surface area contributed by atoms with Gasteiger partial charge in [-0.2, -0.15) is 0 Å². The second kappa shape index (κ2) is 6.38. The van der Waals surface area contributed by atoms with Gasteiger partial charge in [0, 0.05) is 12.3 Å². The van der Waals surface area contributed by atoms with Crippen LogP contribution in [0.5, 0.6) is 0 Å². The van der Waals surface area contributed by atoms with Crippen molar-refractivity contribution in [1.29, 1.82) is 0 Å². The van der Waals surface area contributed by atoms with E-state index in [1.165, 1.54) is 6.08 Å². The van der Waals surface area contributed by atoms with Crippen LogP contribution in [0.2, 0.25) is 0 Å². The number of nitrogens with one attached hydrogen (secondary N) is 1. The van der Waals surface area contributed by atoms with Crippen molar-refractivity contribution < 1.29 is 14.7 Å². The van der Waals surface area contributed by atoms with Crippen LogP contribution in [0.4, 0.5) is 5.82 Å². The fraction of sp³-hybridized carbons (Fsp3) is 0.308. The van der Waals surface area contributed by atoms with Gasteiger partial charge in [0.2, 0.25) is 5.91 Å². The summed E-state index contributed by atoms with van der Waals surface area (Å²) in [5, 5.41) is 11.3. The number of carbonyl (C=O) groups excluding carboxylic acids is 1. The van der Waals surface area contributed by atoms with Gasteiger partial charge in [-0.1, -0.05) is 0 Å². The van der Waals surface area contributed by atoms with Gasteiger partial charge in [-0.15, -0.1) is 11.8 Å². The summed E-state index contributed by atoms with van der Waals surface area (Å²) in [6, 6.07) is 3.33. The van der Waals surface area contributed by atoms with E-state index in [1.54, 1.807) is 30.1 Å². The predicted octanol–water partition coefficient (Wildman–Crippen LogP) is 2.01. The number of carboxylic acids is 1. The second-order valence-corrected chi connectivity index (χ2v) is 5.45. The molecule has 0 aliphatic carbocycles. The third-order valence-electron chi connectivity index (χ3n) is 2.68. The SMILES string of the molecule is O=C(O)/C=C/c1ccnc(NC(=O)C2CCCS2)c1. The Balaban J connectivity index is 2.02. The first-order valence-electron chi connectivity index (χ1n) is 5.95. The van der Waals surface area contributed by atoms with Crippen LogP contribution in [0, 0.1) is 0 Å². The first-order chi connectivity index (χ1) is 9.15. The zero-order chi connectivity index (χ0) is 13.7. The standard InChI is InChI=1S/C13H14N2O3S/c16-12(17)4-3-9-5-6-14-11(8-9)15-13(18)10-2-1-7-19-10/h3-6,8,10H,1-2,7H2,(H,16,17)(H,14,15,18)/b4-3+. The number of rotatable bonds is 4. The van der Waals surface area contributed by atoms with E-state index >= 15 is 0 Å². The van der Waals surface area contributed by atoms with Crippen molar-refractivity contribution in [2.45, 2.75) is 18.1 Å². The molecule has 19 heavy (non-hydrogen) atoms. The summed E-state index contributed by atoms with van der Waals surface area (Å²) in [5.41, 5.74) is 0.687. The molecule has 1 aliphatic heterocycles. The summed E-state index contributed by atoms with van der Waals surface area (Å²) in [5.74, 6) is 0.427. The quantitative estimate of drug-likeness (QED) is 0.824. The van der Waals surface area contributed by atoms with E-state index in [2.05, 4.69) is 10.3 Å². The lowest BCUT2D eigenvalue weighted by Gasteiger charge is -2.09. The molecule has 2 N–H and O–H groups in total. The summed E-state index contributed by atoms with van der Waals surface area (Å²) >= 11 is 1.66. The number of thioether (sulfide) groups is 1. The number of aliphatic carboxylic acids is 1. The van der Waals surface area contributed by atoms with E-state index in [1.807, 2.05) is 0 Å². The lowest BCUT2D eigenvalue weighted by molar-refractivity contribution is -0.131. The number of aromatic nitrogens is 1. The Bertz CT molecular complexity index is 510. The van der Waals surface area contributed by atoms with Crippen molar-refractivity contribution in [3.8, 4) is 0 Å². The highest BCUT2D eigenvalue weighted by molar-refractivity contribution is 8.00. The smallest absolute Gasteiger partial charge is 0.328 e. The molecule has 1 unspecified atom stereocenters. The molecule has 1 amide bonds. The molecular formula is C13H14N2O3S. The van der Waals surface area contributed by atoms with Crippen molar-refractivity contribution in [1.82, 2.24) is 4.98 Å². The number of anilines is 1. The molecular weight excluding hydrogens is 264 g/mol. The highest BCUT2D eigenvalue weighted by atomic mass is 32.2. The second-order valence-electron chi connectivity index (χ2n) is 4.14. The maximum Gasteiger partial charge on any atom is 0.328 e. The maximum atomic E-state index is 11.9. The lowest BCUT2D eigenvalue weighted by Crippen LogP contribution is -2.23. The summed E-state index contributed by atoms with van der Waals surface area (Å²) in [6.07, 6.45) is 6.02. The molecule has 0 saturated carbocycles. The third kappa shape index (κ3) is 4.10. The highest BCUT2D eigenvalue weighted by Gasteiger charge is 2.23. The van der Waals surface area contributed by atoms with Gasteiger partial charge < -0.3 is 10.4 Å². The van der Waals surface area contributed by atoms with Crippen LogP contribution in [0.3, 0.4) is 0 Å². The van der Waals surface area contributed by atoms with Crippen LogP contribution in [0.25, 0.3) is 6.08 Å². The molecule has 5 nitrogen and oxygen atoms in total. The third-order valence-corrected chi connectivity index (χ3v) is 4.05. The zero-order valence-electron chi connectivity index (χ0n) is 10.2. The first-order valence-corrected chi connectivity index (χ1v) is 6.99. The minimum atomic E-state index is -1.01. The van der Waals surface area contributed by atoms with Crippen molar-refractivity contribution in [3.63, 3.8) is 0 Å². The number of carbonyl (C=O) groups is 2. The maximum absolute atomic E-state index is 11.9. The molecule has 1 atom stereocenters. The summed E-state index contributed by atoms with van der Waals surface area (Å²) in [7, 11) is 0. The van der Waals surface area contributed by atoms with E-state index in [-0.39, 0.29) is 11.2 Å². The number of hydrogen-bond acceptors (Lipinski definition) is 4. The van der Waals surface area contributed by atoms with Gasteiger partial charge in [0.05, 0.1) is 5.25 Å². The molecule has 6 heteroatoms. The van der Waals surface area contributed by atoms with E-state index in [4.69, 9.17) is 5.11 Å². The molecule has 1 aromatic heterocycles. The molecule has 0 radical (unpaired) electrons. The Morgan fingerprint density at radius 3 is 3.05 bits per heavy atom. The normalized spacial score (nSPS) is 18.6. The largest absolute Gasteiger partial charge is 0.478 e. The van der Waals surface area contributed by atoms with Crippen LogP contribution in [-0.2, 0) is 9.59 Å². The van der Waals surface area contributed by atoms with Crippen LogP contribution in [0.1, 0.15) is 18.4 Å². The van der Waals surface area contributed by atoms with Crippen LogP contribution in [0.15, 0.2) is 24.4 Å². The molecule has 1 fully saturated rings. The van der Waals surface area contributed by atoms with E-state index < -0.39 is 5.97 Å². The first kappa shape index (κ1) is 13.6. The van der Waals surface area contributed by atoms with Gasteiger partial charge in [-0.05, 0) is 42.4 Å². The summed E-state index contributed by atoms with van der Waals surface area (Å²) in [6.45, 7) is 0. The molecule has 100 valence electrons. The van der Waals surface area contributed by atoms with Gasteiger partial charge in [0.25, 0.3) is 0 Å². The lowest BCUT2D eigenvalue weighted by atomic mass is 10.2. The summed E-state index contributed by atoms with van der Waals surface area (Å²) < 4.78 is 0. The molecule has 0 spiro atoms. The van der Waals surface area contributed by atoms with Gasteiger partial charge in [-0.3, -0.25) is 4.79 Å². The molecule has 0 aromatic carbocycles. The van der Waals surface area contributed by atoms with Crippen LogP contribution < -0.4 is 5.32 Å². The topological polar surface area (TPSA) is 79.3 Å². The monoisotopic (exact) mass is 278 g/mol. The predicted molar refractivity (Wildman–Crippen MR) is 75.0 cm³/mol. The molecule has 2 heterocycles. The highest BCUT2D eigenvalue weighted by Crippen LogP contribution is 2.27. The zero-order valence-corrected chi connectivity index (χ0v) is 11.0. The number of pyridine rings is 1. The van der Waals surface area contributed by atoms with E-state index in [0.717, 1.165) is 24.7 Å². The van der Waals surface area contributed by atoms with Crippen molar-refractivity contribution in [2.75, 3.05) is 11.1 Å². The number of nitrogens with zero attached hydrogens (tertiary/aromatic N) is 1. The van der Waals surface area contributed by atoms with E-state index in [9.17, 15) is 9.59 Å². The van der Waals surface area contributed by atoms with Crippen molar-refractivity contribution in [3.05, 3.63) is 30.0 Å². The Hall–Kier alpha value is -1.82. The van der Waals surface area contributed by atoms with Gasteiger partial charge in [0.15, 0.2) is 0 Å². The van der Waals surface area contributed by atoms with Gasteiger partial charge in [0.1, 0.15) is 5.82 Å². The van der Waals surface area contributed by atoms with Gasteiger partial charge in [-0.25, -0.2) is 9.78 Å². The molecule has 1 aliphatic rings. The Kier molecular flexibility index (Phi) is 4.57. The van der Waals surface area contributed by atoms with Crippen LogP contribution in [-0.4, -0.2) is 33.0 Å². The average Bonchev–Trinajstić information content (AvgIpc) is 2.91. The Morgan fingerprint density at radius 2 is 2.37 bits per heavy atom. The van der Waals surface area contributed by atoms with E-state index in [0.29, 0.717) is 11.4 Å².